The maximum absolute atomic E-state index is 13.0. The molecule has 1 unspecified atom stereocenters. The molecule has 4 nitrogen and oxygen atoms in total. The second kappa shape index (κ2) is 7.40. The highest BCUT2D eigenvalue weighted by Gasteiger charge is 2.72. The summed E-state index contributed by atoms with van der Waals surface area (Å²) < 4.78 is 0. The van der Waals surface area contributed by atoms with E-state index >= 15 is 0 Å². The van der Waals surface area contributed by atoms with Crippen LogP contribution >= 0.6 is 0 Å². The highest BCUT2D eigenvalue weighted by molar-refractivity contribution is 5.92. The largest absolute Gasteiger partial charge is 0.393 e. The van der Waals surface area contributed by atoms with Crippen LogP contribution in [-0.4, -0.2) is 27.7 Å². The summed E-state index contributed by atoms with van der Waals surface area (Å²) in [6.07, 6.45) is 7.90. The Hall–Kier alpha value is -2.74. The van der Waals surface area contributed by atoms with Gasteiger partial charge in [-0.05, 0) is 103 Å². The third-order valence-electron chi connectivity index (χ3n) is 11.2. The van der Waals surface area contributed by atoms with Crippen molar-refractivity contribution in [2.24, 2.45) is 22.7 Å². The Morgan fingerprint density at radius 3 is 2.56 bits per heavy atom. The summed E-state index contributed by atoms with van der Waals surface area (Å²) in [6.45, 7) is 2.26. The second-order valence-corrected chi connectivity index (χ2v) is 12.4. The summed E-state index contributed by atoms with van der Waals surface area (Å²) >= 11 is 0. The number of nitriles is 1. The summed E-state index contributed by atoms with van der Waals surface area (Å²) in [6, 6.07) is 16.6. The fourth-order valence-electron chi connectivity index (χ4n) is 9.48. The van der Waals surface area contributed by atoms with E-state index in [1.54, 1.807) is 0 Å². The Kier molecular flexibility index (Phi) is 4.62. The highest BCUT2D eigenvalue weighted by Crippen LogP contribution is 2.73. The summed E-state index contributed by atoms with van der Waals surface area (Å²) in [5, 5.41) is 33.3. The lowest BCUT2D eigenvalue weighted by molar-refractivity contribution is -0.219. The Bertz CT molecular complexity index is 1350. The van der Waals surface area contributed by atoms with Crippen molar-refractivity contribution in [3.05, 3.63) is 70.8 Å². The van der Waals surface area contributed by atoms with Crippen molar-refractivity contribution in [1.82, 2.24) is 0 Å². The van der Waals surface area contributed by atoms with Gasteiger partial charge in [-0.15, -0.1) is 0 Å². The fourth-order valence-corrected chi connectivity index (χ4v) is 9.48. The van der Waals surface area contributed by atoms with E-state index in [9.17, 15) is 20.3 Å². The fraction of sp³-hybridized carbons (Fsp3) is 0.500. The molecule has 7 rings (SSSR count). The Morgan fingerprint density at radius 2 is 1.78 bits per heavy atom. The van der Waals surface area contributed by atoms with Gasteiger partial charge in [-0.3, -0.25) is 4.79 Å². The standard InChI is InChI=1S/C32H33NO3/c1-30-17-28-25-8-6-21(20-4-2-19(18-33)3-5-20)14-22(25)16-31-13-12-24(34)15-23(31)7-9-27(32(28,31)36)26(30)10-11-29(30)35/h2-6,8,14-15,26-29,35-36H,7,9-13,16-17H2,1H3/t26-,27-,28?,29-,30-,31+,32-/m0/s1. The van der Waals surface area contributed by atoms with Gasteiger partial charge in [0.15, 0.2) is 5.78 Å². The maximum Gasteiger partial charge on any atom is 0.155 e. The number of fused-ring (bicyclic) bond motifs is 4. The molecule has 0 bridgehead atoms. The number of carbonyl (C=O) groups is 1. The lowest BCUT2D eigenvalue weighted by atomic mass is 9.38. The van der Waals surface area contributed by atoms with Crippen LogP contribution in [0.15, 0.2) is 54.1 Å². The predicted molar refractivity (Wildman–Crippen MR) is 137 cm³/mol. The van der Waals surface area contributed by atoms with E-state index in [0.29, 0.717) is 24.3 Å². The number of carbonyl (C=O) groups excluding carboxylic acids is 1. The number of nitrogens with zero attached hydrogens (tertiary/aromatic N) is 1. The van der Waals surface area contributed by atoms with Gasteiger partial charge in [0, 0.05) is 17.8 Å². The zero-order valence-corrected chi connectivity index (χ0v) is 20.8. The van der Waals surface area contributed by atoms with Gasteiger partial charge in [0.2, 0.25) is 0 Å². The molecule has 5 aliphatic rings. The van der Waals surface area contributed by atoms with Crippen molar-refractivity contribution in [1.29, 1.82) is 5.26 Å². The van der Waals surface area contributed by atoms with Crippen LogP contribution in [0, 0.1) is 34.0 Å². The summed E-state index contributed by atoms with van der Waals surface area (Å²) in [5.41, 5.74) is 5.03. The summed E-state index contributed by atoms with van der Waals surface area (Å²) in [7, 11) is 0. The van der Waals surface area contributed by atoms with Gasteiger partial charge >= 0.3 is 0 Å². The van der Waals surface area contributed by atoms with Gasteiger partial charge in [0.25, 0.3) is 0 Å². The van der Waals surface area contributed by atoms with Crippen LogP contribution in [0.2, 0.25) is 0 Å². The molecule has 1 spiro atoms. The molecule has 0 amide bonds. The SMILES string of the molecule is C[C@]12CC3c4ccc(-c5ccc(C#N)cc5)cc4C[C@]45CCC(=O)C=C4CC[C@@H]([C@@H]1CC[C@@H]2O)[C@]35O. The number of hydrogen-bond donors (Lipinski definition) is 2. The molecule has 5 aliphatic carbocycles. The minimum Gasteiger partial charge on any atom is -0.393 e. The number of rotatable bonds is 1. The maximum atomic E-state index is 13.0. The quantitative estimate of drug-likeness (QED) is 0.569. The topological polar surface area (TPSA) is 81.3 Å². The van der Waals surface area contributed by atoms with Gasteiger partial charge in [0.1, 0.15) is 0 Å². The summed E-state index contributed by atoms with van der Waals surface area (Å²) in [5.74, 6) is 0.620. The molecule has 0 aliphatic heterocycles. The molecule has 4 heteroatoms. The van der Waals surface area contributed by atoms with Crippen LogP contribution in [0.1, 0.15) is 74.5 Å². The molecule has 2 aromatic rings. The lowest BCUT2D eigenvalue weighted by Gasteiger charge is -2.68. The number of hydrogen-bond acceptors (Lipinski definition) is 4. The molecule has 7 atom stereocenters. The first-order chi connectivity index (χ1) is 17.3. The molecule has 0 saturated heterocycles. The Balaban J connectivity index is 1.42. The van der Waals surface area contributed by atoms with E-state index in [0.717, 1.165) is 49.7 Å². The molecule has 36 heavy (non-hydrogen) atoms. The van der Waals surface area contributed by atoms with Gasteiger partial charge < -0.3 is 10.2 Å². The van der Waals surface area contributed by atoms with E-state index in [1.165, 1.54) is 16.7 Å². The average molecular weight is 480 g/mol. The molecule has 2 aromatic carbocycles. The minimum atomic E-state index is -0.880. The third-order valence-corrected chi connectivity index (χ3v) is 11.2. The first-order valence-corrected chi connectivity index (χ1v) is 13.6. The van der Waals surface area contributed by atoms with E-state index in [1.807, 2.05) is 30.3 Å². The van der Waals surface area contributed by atoms with Gasteiger partial charge in [0.05, 0.1) is 23.3 Å². The van der Waals surface area contributed by atoms with Crippen LogP contribution in [-0.2, 0) is 11.2 Å². The van der Waals surface area contributed by atoms with Crippen LogP contribution in [0.4, 0.5) is 0 Å². The molecular weight excluding hydrogens is 446 g/mol. The number of ketones is 1. The van der Waals surface area contributed by atoms with Gasteiger partial charge in [-0.2, -0.15) is 5.26 Å². The van der Waals surface area contributed by atoms with Crippen molar-refractivity contribution in [2.75, 3.05) is 0 Å². The summed E-state index contributed by atoms with van der Waals surface area (Å²) in [4.78, 5) is 12.5. The monoisotopic (exact) mass is 479 g/mol. The van der Waals surface area contributed by atoms with Crippen molar-refractivity contribution in [2.45, 2.75) is 75.9 Å². The minimum absolute atomic E-state index is 0.0489. The second-order valence-electron chi connectivity index (χ2n) is 12.4. The Morgan fingerprint density at radius 1 is 1.00 bits per heavy atom. The van der Waals surface area contributed by atoms with Crippen LogP contribution in [0.5, 0.6) is 0 Å². The van der Waals surface area contributed by atoms with Crippen LogP contribution < -0.4 is 0 Å². The molecular formula is C32H33NO3. The molecule has 0 radical (unpaired) electrons. The molecule has 184 valence electrons. The van der Waals surface area contributed by atoms with Crippen LogP contribution in [0.3, 0.4) is 0 Å². The van der Waals surface area contributed by atoms with E-state index in [-0.39, 0.29) is 29.1 Å². The average Bonchev–Trinajstić information content (AvgIpc) is 3.18. The van der Waals surface area contributed by atoms with Crippen molar-refractivity contribution >= 4 is 5.78 Å². The van der Waals surface area contributed by atoms with Crippen molar-refractivity contribution in [3.8, 4) is 17.2 Å². The number of benzene rings is 2. The van der Waals surface area contributed by atoms with Crippen molar-refractivity contribution < 1.29 is 15.0 Å². The number of aliphatic hydroxyl groups is 2. The van der Waals surface area contributed by atoms with Gasteiger partial charge in [-0.25, -0.2) is 0 Å². The zero-order chi connectivity index (χ0) is 24.9. The third kappa shape index (κ3) is 2.68. The van der Waals surface area contributed by atoms with Crippen LogP contribution in [0.25, 0.3) is 11.1 Å². The van der Waals surface area contributed by atoms with E-state index in [4.69, 9.17) is 0 Å². The van der Waals surface area contributed by atoms with Crippen molar-refractivity contribution in [3.63, 3.8) is 0 Å². The van der Waals surface area contributed by atoms with E-state index in [2.05, 4.69) is 31.2 Å². The zero-order valence-electron chi connectivity index (χ0n) is 20.8. The normalized spacial score (nSPS) is 40.3. The first-order valence-electron chi connectivity index (χ1n) is 13.6. The number of aliphatic hydroxyl groups excluding tert-OH is 1. The lowest BCUT2D eigenvalue weighted by Crippen LogP contribution is -2.69. The molecule has 2 N–H and O–H groups in total. The van der Waals surface area contributed by atoms with E-state index < -0.39 is 11.0 Å². The first kappa shape index (κ1) is 22.5. The Labute approximate surface area is 212 Å². The van der Waals surface area contributed by atoms with Gasteiger partial charge in [-0.1, -0.05) is 42.8 Å². The molecule has 3 saturated carbocycles. The smallest absolute Gasteiger partial charge is 0.155 e. The highest BCUT2D eigenvalue weighted by atomic mass is 16.3. The predicted octanol–water partition coefficient (Wildman–Crippen LogP) is 5.46. The molecule has 0 heterocycles. The molecule has 0 aromatic heterocycles. The molecule has 3 fully saturated rings.